The second-order valence-electron chi connectivity index (χ2n) is 1.73. The molecule has 0 radical (unpaired) electrons. The molecule has 6 heteroatoms. The lowest BCUT2D eigenvalue weighted by atomic mass is 10.7. The maximum Gasteiger partial charge on any atom is 0.329 e. The first-order chi connectivity index (χ1) is 5.31. The first-order valence-corrected chi connectivity index (χ1v) is 4.44. The molecular weight excluding hydrogens is 169 g/mol. The zero-order valence-corrected chi connectivity index (χ0v) is 7.38. The molecule has 0 aromatic rings. The van der Waals surface area contributed by atoms with Crippen LogP contribution in [0.5, 0.6) is 0 Å². The molecule has 0 spiro atoms. The van der Waals surface area contributed by atoms with Gasteiger partial charge < -0.3 is 24.4 Å². The van der Waals surface area contributed by atoms with Gasteiger partial charge in [-0.2, -0.15) is 0 Å². The molecule has 0 fully saturated rings. The molecule has 0 saturated heterocycles. The summed E-state index contributed by atoms with van der Waals surface area (Å²) in [6.07, 6.45) is 0. The molecule has 3 N–H and O–H groups in total. The summed E-state index contributed by atoms with van der Waals surface area (Å²) in [7, 11) is -0.00879. The molecule has 0 aliphatic carbocycles. The zero-order valence-electron chi connectivity index (χ0n) is 6.49. The first-order valence-electron chi connectivity index (χ1n) is 3.31. The highest BCUT2D eigenvalue weighted by Gasteiger charge is 2.03. The molecule has 0 aromatic carbocycles. The lowest BCUT2D eigenvalue weighted by Gasteiger charge is -2.08. The molecule has 0 bridgehead atoms. The van der Waals surface area contributed by atoms with Crippen LogP contribution in [0.3, 0.4) is 0 Å². The van der Waals surface area contributed by atoms with Gasteiger partial charge >= 0.3 is 8.60 Å². The number of aliphatic hydroxyl groups excluding tert-OH is 1. The molecule has 5 nitrogen and oxygen atoms in total. The van der Waals surface area contributed by atoms with Gasteiger partial charge in [-0.05, 0) is 7.05 Å². The van der Waals surface area contributed by atoms with Crippen LogP contribution in [0.4, 0.5) is 0 Å². The van der Waals surface area contributed by atoms with Crippen molar-refractivity contribution in [3.05, 3.63) is 0 Å². The second kappa shape index (κ2) is 8.33. The van der Waals surface area contributed by atoms with Crippen molar-refractivity contribution in [1.82, 2.24) is 5.32 Å². The Balaban J connectivity index is 3.02. The highest BCUT2D eigenvalue weighted by atomic mass is 31.2. The lowest BCUT2D eigenvalue weighted by molar-refractivity contribution is 0.159. The third-order valence-corrected chi connectivity index (χ3v) is 1.65. The maximum atomic E-state index is 8.89. The SMILES string of the molecule is CNCCOP(O)OCCO. The van der Waals surface area contributed by atoms with Gasteiger partial charge in [-0.3, -0.25) is 0 Å². The van der Waals surface area contributed by atoms with Crippen LogP contribution < -0.4 is 5.32 Å². The third kappa shape index (κ3) is 8.13. The van der Waals surface area contributed by atoms with Crippen LogP contribution in [0.1, 0.15) is 0 Å². The highest BCUT2D eigenvalue weighted by Crippen LogP contribution is 2.31. The molecule has 0 aliphatic rings. The monoisotopic (exact) mass is 183 g/mol. The Kier molecular flexibility index (Phi) is 8.50. The molecule has 68 valence electrons. The summed E-state index contributed by atoms with van der Waals surface area (Å²) in [4.78, 5) is 8.89. The lowest BCUT2D eigenvalue weighted by Crippen LogP contribution is -2.13. The minimum absolute atomic E-state index is 0.102. The normalized spacial score (nSPS) is 13.4. The summed E-state index contributed by atoms with van der Waals surface area (Å²) in [6, 6.07) is 0. The van der Waals surface area contributed by atoms with Gasteiger partial charge in [0, 0.05) is 6.54 Å². The van der Waals surface area contributed by atoms with E-state index in [-0.39, 0.29) is 13.2 Å². The van der Waals surface area contributed by atoms with E-state index in [0.717, 1.165) is 0 Å². The molecular formula is C5H14NO4P. The van der Waals surface area contributed by atoms with Crippen molar-refractivity contribution in [2.75, 3.05) is 33.4 Å². The van der Waals surface area contributed by atoms with Crippen LogP contribution in [0.25, 0.3) is 0 Å². The van der Waals surface area contributed by atoms with Crippen molar-refractivity contribution in [3.8, 4) is 0 Å². The minimum atomic E-state index is -1.80. The fraction of sp³-hybridized carbons (Fsp3) is 1.00. The van der Waals surface area contributed by atoms with Gasteiger partial charge in [0.25, 0.3) is 0 Å². The average Bonchev–Trinajstić information content (AvgIpc) is 2.01. The summed E-state index contributed by atoms with van der Waals surface area (Å²) in [6.45, 7) is 1.09. The van der Waals surface area contributed by atoms with Gasteiger partial charge in [-0.1, -0.05) is 0 Å². The smallest absolute Gasteiger partial charge is 0.329 e. The fourth-order valence-corrected chi connectivity index (χ4v) is 0.942. The van der Waals surface area contributed by atoms with E-state index in [4.69, 9.17) is 14.5 Å². The van der Waals surface area contributed by atoms with E-state index in [1.54, 1.807) is 7.05 Å². The van der Waals surface area contributed by atoms with E-state index >= 15 is 0 Å². The molecule has 1 atom stereocenters. The average molecular weight is 183 g/mol. The van der Waals surface area contributed by atoms with Gasteiger partial charge in [0.2, 0.25) is 0 Å². The number of likely N-dealkylation sites (N-methyl/N-ethyl adjacent to an activating group) is 1. The van der Waals surface area contributed by atoms with Gasteiger partial charge in [0.1, 0.15) is 0 Å². The van der Waals surface area contributed by atoms with E-state index in [1.807, 2.05) is 0 Å². The third-order valence-electron chi connectivity index (χ3n) is 0.847. The zero-order chi connectivity index (χ0) is 8.53. The molecule has 0 rings (SSSR count). The van der Waals surface area contributed by atoms with Gasteiger partial charge in [0.05, 0.1) is 19.8 Å². The molecule has 0 amide bonds. The van der Waals surface area contributed by atoms with Crippen LogP contribution in [0, 0.1) is 0 Å². The van der Waals surface area contributed by atoms with Crippen molar-refractivity contribution in [3.63, 3.8) is 0 Å². The van der Waals surface area contributed by atoms with Gasteiger partial charge in [-0.15, -0.1) is 0 Å². The molecule has 0 saturated carbocycles. The number of nitrogens with one attached hydrogen (secondary N) is 1. The molecule has 0 aliphatic heterocycles. The standard InChI is InChI=1S/C5H14NO4P/c1-6-2-4-9-11(8)10-5-3-7/h6-8H,2-5H2,1H3. The van der Waals surface area contributed by atoms with E-state index in [0.29, 0.717) is 13.2 Å². The van der Waals surface area contributed by atoms with Crippen molar-refractivity contribution in [2.45, 2.75) is 0 Å². The molecule has 1 unspecified atom stereocenters. The van der Waals surface area contributed by atoms with Gasteiger partial charge in [0.15, 0.2) is 0 Å². The topological polar surface area (TPSA) is 71.0 Å². The van der Waals surface area contributed by atoms with E-state index in [9.17, 15) is 0 Å². The summed E-state index contributed by atoms with van der Waals surface area (Å²) in [5.74, 6) is 0. The molecule has 0 aromatic heterocycles. The molecule has 0 heterocycles. The van der Waals surface area contributed by atoms with Crippen LogP contribution >= 0.6 is 8.60 Å². The van der Waals surface area contributed by atoms with Crippen molar-refractivity contribution >= 4 is 8.60 Å². The Morgan fingerprint density at radius 2 is 2.00 bits per heavy atom. The highest BCUT2D eigenvalue weighted by molar-refractivity contribution is 7.40. The Morgan fingerprint density at radius 1 is 1.36 bits per heavy atom. The summed E-state index contributed by atoms with van der Waals surface area (Å²) in [5, 5.41) is 11.1. The Morgan fingerprint density at radius 3 is 2.55 bits per heavy atom. The molecule has 11 heavy (non-hydrogen) atoms. The second-order valence-corrected chi connectivity index (χ2v) is 2.72. The minimum Gasteiger partial charge on any atom is -0.394 e. The fourth-order valence-electron chi connectivity index (χ4n) is 0.382. The summed E-state index contributed by atoms with van der Waals surface area (Å²) < 4.78 is 9.47. The van der Waals surface area contributed by atoms with E-state index < -0.39 is 8.60 Å². The van der Waals surface area contributed by atoms with Crippen LogP contribution in [0.15, 0.2) is 0 Å². The number of hydrogen-bond donors (Lipinski definition) is 3. The van der Waals surface area contributed by atoms with E-state index in [1.165, 1.54) is 0 Å². The quantitative estimate of drug-likeness (QED) is 0.365. The first kappa shape index (κ1) is 11.2. The van der Waals surface area contributed by atoms with E-state index in [2.05, 4.69) is 9.84 Å². The number of aliphatic hydroxyl groups is 1. The predicted octanol–water partition coefficient (Wildman–Crippen LogP) is -0.550. The Labute approximate surface area is 67.3 Å². The van der Waals surface area contributed by atoms with Crippen LogP contribution in [-0.2, 0) is 9.05 Å². The predicted molar refractivity (Wildman–Crippen MR) is 42.1 cm³/mol. The number of rotatable bonds is 7. The van der Waals surface area contributed by atoms with Crippen LogP contribution in [0.2, 0.25) is 0 Å². The summed E-state index contributed by atoms with van der Waals surface area (Å²) in [5.41, 5.74) is 0. The van der Waals surface area contributed by atoms with Crippen LogP contribution in [-0.4, -0.2) is 43.4 Å². The van der Waals surface area contributed by atoms with Crippen molar-refractivity contribution < 1.29 is 19.0 Å². The largest absolute Gasteiger partial charge is 0.394 e. The Bertz CT molecular complexity index is 84.9. The Hall–Kier alpha value is 0.230. The summed E-state index contributed by atoms with van der Waals surface area (Å²) >= 11 is 0. The van der Waals surface area contributed by atoms with Gasteiger partial charge in [-0.25, -0.2) is 0 Å². The number of hydrogen-bond acceptors (Lipinski definition) is 5. The van der Waals surface area contributed by atoms with Crippen molar-refractivity contribution in [1.29, 1.82) is 0 Å². The van der Waals surface area contributed by atoms with Crippen molar-refractivity contribution in [2.24, 2.45) is 0 Å². The maximum absolute atomic E-state index is 8.89.